The van der Waals surface area contributed by atoms with Crippen molar-refractivity contribution in [1.82, 2.24) is 9.80 Å². The summed E-state index contributed by atoms with van der Waals surface area (Å²) in [6, 6.07) is 10.2. The van der Waals surface area contributed by atoms with Crippen LogP contribution >= 0.6 is 0 Å². The number of hydrogen-bond acceptors (Lipinski definition) is 4. The second kappa shape index (κ2) is 6.81. The first-order valence-electron chi connectivity index (χ1n) is 8.54. The van der Waals surface area contributed by atoms with E-state index in [2.05, 4.69) is 19.1 Å². The Labute approximate surface area is 142 Å². The van der Waals surface area contributed by atoms with Gasteiger partial charge in [0.25, 0.3) is 0 Å². The van der Waals surface area contributed by atoms with E-state index in [1.165, 1.54) is 5.56 Å². The van der Waals surface area contributed by atoms with Gasteiger partial charge in [0.1, 0.15) is 5.60 Å². The van der Waals surface area contributed by atoms with Crippen LogP contribution in [0.25, 0.3) is 0 Å². The Morgan fingerprint density at radius 3 is 2.58 bits per heavy atom. The number of carbonyl (C=O) groups excluding carboxylic acids is 2. The number of ether oxygens (including phenoxy) is 1. The van der Waals surface area contributed by atoms with E-state index in [1.807, 2.05) is 18.2 Å². The molecule has 2 saturated heterocycles. The van der Waals surface area contributed by atoms with Crippen LogP contribution in [-0.2, 0) is 9.53 Å². The molecule has 1 atom stereocenters. The summed E-state index contributed by atoms with van der Waals surface area (Å²) >= 11 is 0. The van der Waals surface area contributed by atoms with E-state index in [4.69, 9.17) is 10.5 Å². The third-order valence-corrected chi connectivity index (χ3v) is 5.11. The monoisotopic (exact) mass is 331 g/mol. The van der Waals surface area contributed by atoms with Crippen LogP contribution in [0.2, 0.25) is 0 Å². The number of carbonyl (C=O) groups is 2. The number of likely N-dealkylation sites (tertiary alicyclic amines) is 1. The van der Waals surface area contributed by atoms with Crippen LogP contribution in [0, 0.1) is 0 Å². The third kappa shape index (κ3) is 3.38. The van der Waals surface area contributed by atoms with Gasteiger partial charge >= 0.3 is 6.09 Å². The lowest BCUT2D eigenvalue weighted by Crippen LogP contribution is -2.50. The van der Waals surface area contributed by atoms with Gasteiger partial charge in [-0.1, -0.05) is 37.3 Å². The number of benzene rings is 1. The minimum absolute atomic E-state index is 0.0352. The van der Waals surface area contributed by atoms with Gasteiger partial charge in [0.15, 0.2) is 0 Å². The van der Waals surface area contributed by atoms with E-state index in [0.29, 0.717) is 39.0 Å². The number of hydrogen-bond donors (Lipinski definition) is 1. The molecule has 3 rings (SSSR count). The van der Waals surface area contributed by atoms with Crippen molar-refractivity contribution in [3.05, 3.63) is 35.9 Å². The lowest BCUT2D eigenvalue weighted by atomic mass is 9.91. The van der Waals surface area contributed by atoms with Gasteiger partial charge < -0.3 is 20.3 Å². The lowest BCUT2D eigenvalue weighted by Gasteiger charge is -2.37. The van der Waals surface area contributed by atoms with E-state index in [0.717, 1.165) is 0 Å². The van der Waals surface area contributed by atoms with E-state index in [-0.39, 0.29) is 24.5 Å². The zero-order valence-electron chi connectivity index (χ0n) is 14.1. The molecule has 2 heterocycles. The second-order valence-corrected chi connectivity index (χ2v) is 6.83. The summed E-state index contributed by atoms with van der Waals surface area (Å²) in [5.41, 5.74) is 6.19. The van der Waals surface area contributed by atoms with Crippen LogP contribution in [0.4, 0.5) is 4.79 Å². The van der Waals surface area contributed by atoms with E-state index >= 15 is 0 Å². The molecule has 0 bridgehead atoms. The van der Waals surface area contributed by atoms with Crippen LogP contribution in [0.5, 0.6) is 0 Å². The molecule has 2 fully saturated rings. The SMILES string of the molecule is C[C@H](CN1CC2(CCN(C(=O)CN)CC2)OC1=O)c1ccccc1. The summed E-state index contributed by atoms with van der Waals surface area (Å²) in [6.45, 7) is 4.62. The van der Waals surface area contributed by atoms with Crippen molar-refractivity contribution in [2.75, 3.05) is 32.7 Å². The van der Waals surface area contributed by atoms with Crippen molar-refractivity contribution in [2.45, 2.75) is 31.3 Å². The molecule has 0 aliphatic carbocycles. The Kier molecular flexibility index (Phi) is 4.76. The van der Waals surface area contributed by atoms with E-state index in [1.54, 1.807) is 9.80 Å². The fraction of sp³-hybridized carbons (Fsp3) is 0.556. The first-order valence-corrected chi connectivity index (χ1v) is 8.54. The Bertz CT molecular complexity index is 597. The molecule has 24 heavy (non-hydrogen) atoms. The molecule has 1 aromatic rings. The molecule has 0 saturated carbocycles. The zero-order valence-corrected chi connectivity index (χ0v) is 14.1. The Morgan fingerprint density at radius 2 is 1.96 bits per heavy atom. The van der Waals surface area contributed by atoms with E-state index in [9.17, 15) is 9.59 Å². The summed E-state index contributed by atoms with van der Waals surface area (Å²) in [6.07, 6.45) is 1.12. The van der Waals surface area contributed by atoms with Crippen molar-refractivity contribution in [1.29, 1.82) is 0 Å². The van der Waals surface area contributed by atoms with Gasteiger partial charge in [0.05, 0.1) is 13.1 Å². The molecule has 1 aromatic carbocycles. The Hall–Kier alpha value is -2.08. The fourth-order valence-electron chi connectivity index (χ4n) is 3.60. The van der Waals surface area contributed by atoms with Crippen molar-refractivity contribution in [3.63, 3.8) is 0 Å². The number of nitrogens with two attached hydrogens (primary N) is 1. The lowest BCUT2D eigenvalue weighted by molar-refractivity contribution is -0.133. The predicted octanol–water partition coefficient (Wildman–Crippen LogP) is 1.56. The largest absolute Gasteiger partial charge is 0.441 e. The first-order chi connectivity index (χ1) is 11.5. The highest BCUT2D eigenvalue weighted by Gasteiger charge is 2.47. The third-order valence-electron chi connectivity index (χ3n) is 5.11. The minimum atomic E-state index is -0.446. The zero-order chi connectivity index (χ0) is 17.2. The topological polar surface area (TPSA) is 75.9 Å². The van der Waals surface area contributed by atoms with Crippen molar-refractivity contribution in [3.8, 4) is 0 Å². The normalized spacial score (nSPS) is 21.0. The molecule has 0 radical (unpaired) electrons. The highest BCUT2D eigenvalue weighted by molar-refractivity contribution is 5.78. The maximum Gasteiger partial charge on any atom is 0.410 e. The molecule has 0 aromatic heterocycles. The quantitative estimate of drug-likeness (QED) is 0.908. The molecule has 2 aliphatic rings. The maximum atomic E-state index is 12.3. The number of rotatable bonds is 4. The number of amides is 2. The summed E-state index contributed by atoms with van der Waals surface area (Å²) in [7, 11) is 0. The van der Waals surface area contributed by atoms with Crippen LogP contribution in [0.3, 0.4) is 0 Å². The summed E-state index contributed by atoms with van der Waals surface area (Å²) in [4.78, 5) is 27.5. The highest BCUT2D eigenvalue weighted by atomic mass is 16.6. The van der Waals surface area contributed by atoms with Crippen LogP contribution in [-0.4, -0.2) is 60.1 Å². The van der Waals surface area contributed by atoms with Crippen LogP contribution in [0.15, 0.2) is 30.3 Å². The maximum absolute atomic E-state index is 12.3. The average Bonchev–Trinajstić information content (AvgIpc) is 2.90. The number of nitrogens with zero attached hydrogens (tertiary/aromatic N) is 2. The van der Waals surface area contributed by atoms with Crippen molar-refractivity contribution < 1.29 is 14.3 Å². The minimum Gasteiger partial charge on any atom is -0.441 e. The predicted molar refractivity (Wildman–Crippen MR) is 90.5 cm³/mol. The van der Waals surface area contributed by atoms with Gasteiger partial charge in [0.2, 0.25) is 5.91 Å². The molecular formula is C18H25N3O3. The summed E-state index contributed by atoms with van der Waals surface area (Å²) in [5, 5.41) is 0. The van der Waals surface area contributed by atoms with Gasteiger partial charge in [-0.25, -0.2) is 4.79 Å². The number of piperidine rings is 1. The standard InChI is InChI=1S/C18H25N3O3/c1-14(15-5-3-2-4-6-15)12-21-13-18(24-17(21)23)7-9-20(10-8-18)16(22)11-19/h2-6,14H,7-13,19H2,1H3/t14-/m1/s1. The molecule has 0 unspecified atom stereocenters. The average molecular weight is 331 g/mol. The molecule has 130 valence electrons. The van der Waals surface area contributed by atoms with Crippen LogP contribution < -0.4 is 5.73 Å². The van der Waals surface area contributed by atoms with Gasteiger partial charge in [-0.3, -0.25) is 4.79 Å². The van der Waals surface area contributed by atoms with Crippen LogP contribution in [0.1, 0.15) is 31.2 Å². The Morgan fingerprint density at radius 1 is 1.29 bits per heavy atom. The van der Waals surface area contributed by atoms with Gasteiger partial charge in [-0.15, -0.1) is 0 Å². The fourth-order valence-corrected chi connectivity index (χ4v) is 3.60. The molecule has 1 spiro atoms. The molecule has 2 amide bonds. The van der Waals surface area contributed by atoms with Gasteiger partial charge in [0, 0.05) is 32.5 Å². The summed E-state index contributed by atoms with van der Waals surface area (Å²) in [5.74, 6) is 0.219. The van der Waals surface area contributed by atoms with Gasteiger partial charge in [-0.05, 0) is 11.5 Å². The van der Waals surface area contributed by atoms with E-state index < -0.39 is 5.60 Å². The van der Waals surface area contributed by atoms with Crippen molar-refractivity contribution in [2.24, 2.45) is 5.73 Å². The summed E-state index contributed by atoms with van der Waals surface area (Å²) < 4.78 is 5.72. The smallest absolute Gasteiger partial charge is 0.410 e. The molecule has 6 nitrogen and oxygen atoms in total. The molecule has 2 N–H and O–H groups in total. The van der Waals surface area contributed by atoms with Gasteiger partial charge in [-0.2, -0.15) is 0 Å². The highest BCUT2D eigenvalue weighted by Crippen LogP contribution is 2.34. The van der Waals surface area contributed by atoms with Crippen molar-refractivity contribution >= 4 is 12.0 Å². The molecule has 6 heteroatoms. The first kappa shape index (κ1) is 16.8. The second-order valence-electron chi connectivity index (χ2n) is 6.83. The molecular weight excluding hydrogens is 306 g/mol. The molecule has 2 aliphatic heterocycles. The Balaban J connectivity index is 1.59.